The second-order valence-electron chi connectivity index (χ2n) is 3.19. The Morgan fingerprint density at radius 1 is 1.44 bits per heavy atom. The van der Waals surface area contributed by atoms with Crippen LogP contribution in [0.2, 0.25) is 0 Å². The van der Waals surface area contributed by atoms with E-state index in [2.05, 4.69) is 4.98 Å². The van der Waals surface area contributed by atoms with Gasteiger partial charge in [-0.3, -0.25) is 4.79 Å². The molecule has 0 aliphatic rings. The molecule has 16 heavy (non-hydrogen) atoms. The summed E-state index contributed by atoms with van der Waals surface area (Å²) in [6.07, 6.45) is 5.13. The molecule has 82 valence electrons. The molecule has 0 atom stereocenters. The molecular formula is C11H11N3O2. The van der Waals surface area contributed by atoms with Crippen molar-refractivity contribution in [3.05, 3.63) is 43.0 Å². The molecule has 5 heteroatoms. The van der Waals surface area contributed by atoms with Crippen LogP contribution in [-0.2, 0) is 4.79 Å². The Bertz CT molecular complexity index is 480. The standard InChI is InChI=1S/C11H11N3O2/c12-11(15)7-16-10-4-2-1-3-9(10)14-6-5-13-8-14/h1-6,8H,7H2,(H2,12,15). The lowest BCUT2D eigenvalue weighted by molar-refractivity contribution is -0.119. The van der Waals surface area contributed by atoms with Gasteiger partial charge in [-0.2, -0.15) is 0 Å². The third-order valence-corrected chi connectivity index (χ3v) is 2.02. The van der Waals surface area contributed by atoms with Crippen LogP contribution < -0.4 is 10.5 Å². The Labute approximate surface area is 92.5 Å². The van der Waals surface area contributed by atoms with E-state index >= 15 is 0 Å². The molecule has 2 N–H and O–H groups in total. The van der Waals surface area contributed by atoms with E-state index in [4.69, 9.17) is 10.5 Å². The molecule has 5 nitrogen and oxygen atoms in total. The molecule has 0 bridgehead atoms. The average Bonchev–Trinajstić information content (AvgIpc) is 2.80. The Morgan fingerprint density at radius 2 is 2.25 bits per heavy atom. The number of hydrogen-bond acceptors (Lipinski definition) is 3. The highest BCUT2D eigenvalue weighted by Crippen LogP contribution is 2.21. The molecule has 0 saturated carbocycles. The number of aromatic nitrogens is 2. The number of benzene rings is 1. The van der Waals surface area contributed by atoms with Crippen molar-refractivity contribution in [3.8, 4) is 11.4 Å². The zero-order chi connectivity index (χ0) is 11.4. The normalized spacial score (nSPS) is 10.0. The summed E-state index contributed by atoms with van der Waals surface area (Å²) in [5, 5.41) is 0. The highest BCUT2D eigenvalue weighted by Gasteiger charge is 2.05. The number of para-hydroxylation sites is 2. The lowest BCUT2D eigenvalue weighted by Gasteiger charge is -2.10. The molecule has 2 rings (SSSR count). The van der Waals surface area contributed by atoms with Crippen LogP contribution in [0.3, 0.4) is 0 Å². The molecule has 0 unspecified atom stereocenters. The number of nitrogens with two attached hydrogens (primary N) is 1. The van der Waals surface area contributed by atoms with Gasteiger partial charge in [0.15, 0.2) is 6.61 Å². The van der Waals surface area contributed by atoms with Crippen molar-refractivity contribution in [3.63, 3.8) is 0 Å². The minimum Gasteiger partial charge on any atom is -0.482 e. The van der Waals surface area contributed by atoms with Gasteiger partial charge in [-0.15, -0.1) is 0 Å². The number of imidazole rings is 1. The van der Waals surface area contributed by atoms with Crippen molar-refractivity contribution in [2.24, 2.45) is 5.73 Å². The Morgan fingerprint density at radius 3 is 2.94 bits per heavy atom. The van der Waals surface area contributed by atoms with Crippen LogP contribution >= 0.6 is 0 Å². The number of nitrogens with zero attached hydrogens (tertiary/aromatic N) is 2. The Balaban J connectivity index is 2.27. The molecular weight excluding hydrogens is 206 g/mol. The van der Waals surface area contributed by atoms with Gasteiger partial charge in [0.05, 0.1) is 12.0 Å². The van der Waals surface area contributed by atoms with Gasteiger partial charge < -0.3 is 15.0 Å². The average molecular weight is 217 g/mol. The van der Waals surface area contributed by atoms with Crippen LogP contribution in [0.1, 0.15) is 0 Å². The Hall–Kier alpha value is -2.30. The summed E-state index contributed by atoms with van der Waals surface area (Å²) < 4.78 is 7.10. The highest BCUT2D eigenvalue weighted by atomic mass is 16.5. The van der Waals surface area contributed by atoms with Gasteiger partial charge in [0, 0.05) is 12.4 Å². The summed E-state index contributed by atoms with van der Waals surface area (Å²) in [4.78, 5) is 14.6. The fourth-order valence-corrected chi connectivity index (χ4v) is 1.34. The smallest absolute Gasteiger partial charge is 0.255 e. The lowest BCUT2D eigenvalue weighted by Crippen LogP contribution is -2.20. The van der Waals surface area contributed by atoms with Crippen LogP contribution in [0, 0.1) is 0 Å². The number of amides is 1. The molecule has 1 amide bonds. The molecule has 0 fully saturated rings. The summed E-state index contributed by atoms with van der Waals surface area (Å²) in [6, 6.07) is 7.36. The van der Waals surface area contributed by atoms with Crippen molar-refractivity contribution in [1.82, 2.24) is 9.55 Å². The quantitative estimate of drug-likeness (QED) is 0.821. The summed E-state index contributed by atoms with van der Waals surface area (Å²) in [7, 11) is 0. The molecule has 2 aromatic rings. The molecule has 1 heterocycles. The third kappa shape index (κ3) is 2.20. The summed E-state index contributed by atoms with van der Waals surface area (Å²) in [5.41, 5.74) is 5.85. The van der Waals surface area contributed by atoms with Crippen LogP contribution in [0.25, 0.3) is 5.69 Å². The third-order valence-electron chi connectivity index (χ3n) is 2.02. The van der Waals surface area contributed by atoms with Gasteiger partial charge >= 0.3 is 0 Å². The molecule has 1 aromatic heterocycles. The van der Waals surface area contributed by atoms with Crippen molar-refractivity contribution < 1.29 is 9.53 Å². The monoisotopic (exact) mass is 217 g/mol. The first-order chi connectivity index (χ1) is 7.77. The molecule has 0 aliphatic carbocycles. The van der Waals surface area contributed by atoms with Gasteiger partial charge in [-0.25, -0.2) is 4.98 Å². The van der Waals surface area contributed by atoms with Crippen molar-refractivity contribution in [1.29, 1.82) is 0 Å². The molecule has 0 radical (unpaired) electrons. The zero-order valence-electron chi connectivity index (χ0n) is 8.54. The van der Waals surface area contributed by atoms with E-state index in [1.807, 2.05) is 18.2 Å². The molecule has 0 spiro atoms. The zero-order valence-corrected chi connectivity index (χ0v) is 8.54. The molecule has 0 saturated heterocycles. The predicted octanol–water partition coefficient (Wildman–Crippen LogP) is 0.736. The Kier molecular flexibility index (Phi) is 2.86. The highest BCUT2D eigenvalue weighted by molar-refractivity contribution is 5.75. The van der Waals surface area contributed by atoms with E-state index in [0.29, 0.717) is 5.75 Å². The maximum atomic E-state index is 10.6. The number of primary amides is 1. The van der Waals surface area contributed by atoms with Crippen LogP contribution in [0.15, 0.2) is 43.0 Å². The molecule has 0 aliphatic heterocycles. The van der Waals surface area contributed by atoms with Crippen LogP contribution in [0.4, 0.5) is 0 Å². The molecule has 1 aromatic carbocycles. The number of carbonyl (C=O) groups excluding carboxylic acids is 1. The summed E-state index contributed by atoms with van der Waals surface area (Å²) in [6.45, 7) is -0.133. The predicted molar refractivity (Wildman–Crippen MR) is 58.3 cm³/mol. The van der Waals surface area contributed by atoms with Crippen LogP contribution in [-0.4, -0.2) is 22.1 Å². The number of rotatable bonds is 4. The fraction of sp³-hybridized carbons (Fsp3) is 0.0909. The largest absolute Gasteiger partial charge is 0.482 e. The summed E-state index contributed by atoms with van der Waals surface area (Å²) in [5.74, 6) is 0.0970. The maximum Gasteiger partial charge on any atom is 0.255 e. The van der Waals surface area contributed by atoms with Gasteiger partial charge in [0.25, 0.3) is 5.91 Å². The van der Waals surface area contributed by atoms with Crippen molar-refractivity contribution in [2.45, 2.75) is 0 Å². The first-order valence-electron chi connectivity index (χ1n) is 4.76. The van der Waals surface area contributed by atoms with E-state index < -0.39 is 5.91 Å². The minimum atomic E-state index is -0.500. The van der Waals surface area contributed by atoms with E-state index in [9.17, 15) is 4.79 Å². The van der Waals surface area contributed by atoms with Gasteiger partial charge in [-0.05, 0) is 12.1 Å². The second kappa shape index (κ2) is 4.48. The van der Waals surface area contributed by atoms with E-state index in [1.54, 1.807) is 29.4 Å². The first-order valence-corrected chi connectivity index (χ1v) is 4.76. The van der Waals surface area contributed by atoms with Gasteiger partial charge in [0.1, 0.15) is 5.75 Å². The van der Waals surface area contributed by atoms with Crippen molar-refractivity contribution in [2.75, 3.05) is 6.61 Å². The van der Waals surface area contributed by atoms with Crippen LogP contribution in [0.5, 0.6) is 5.75 Å². The summed E-state index contributed by atoms with van der Waals surface area (Å²) >= 11 is 0. The number of carbonyl (C=O) groups is 1. The number of hydrogen-bond donors (Lipinski definition) is 1. The van der Waals surface area contributed by atoms with Crippen molar-refractivity contribution >= 4 is 5.91 Å². The van der Waals surface area contributed by atoms with Gasteiger partial charge in [0.2, 0.25) is 0 Å². The second-order valence-corrected chi connectivity index (χ2v) is 3.19. The van der Waals surface area contributed by atoms with E-state index in [1.165, 1.54) is 0 Å². The topological polar surface area (TPSA) is 70.1 Å². The van der Waals surface area contributed by atoms with E-state index in [0.717, 1.165) is 5.69 Å². The lowest BCUT2D eigenvalue weighted by atomic mass is 10.3. The number of ether oxygens (including phenoxy) is 1. The fourth-order valence-electron chi connectivity index (χ4n) is 1.34. The van der Waals surface area contributed by atoms with Gasteiger partial charge in [-0.1, -0.05) is 12.1 Å². The first kappa shape index (κ1) is 10.2. The van der Waals surface area contributed by atoms with E-state index in [-0.39, 0.29) is 6.61 Å². The SMILES string of the molecule is NC(=O)COc1ccccc1-n1ccnc1. The minimum absolute atomic E-state index is 0.133. The maximum absolute atomic E-state index is 10.6.